The molecule has 1 atom stereocenters. The highest BCUT2D eigenvalue weighted by Crippen LogP contribution is 2.29. The van der Waals surface area contributed by atoms with Crippen LogP contribution in [0, 0.1) is 5.82 Å². The van der Waals surface area contributed by atoms with Crippen molar-refractivity contribution in [2.75, 3.05) is 24.5 Å². The van der Waals surface area contributed by atoms with Crippen LogP contribution in [0.1, 0.15) is 0 Å². The Morgan fingerprint density at radius 2 is 2.19 bits per heavy atom. The highest BCUT2D eigenvalue weighted by molar-refractivity contribution is 5.90. The first-order valence-corrected chi connectivity index (χ1v) is 9.49. The number of benzene rings is 1. The Labute approximate surface area is 176 Å². The number of pyridine rings is 1. The molecule has 1 aliphatic heterocycles. The lowest BCUT2D eigenvalue weighted by atomic mass is 10.1. The zero-order chi connectivity index (χ0) is 22.0. The van der Waals surface area contributed by atoms with Gasteiger partial charge in [-0.2, -0.15) is 4.80 Å². The van der Waals surface area contributed by atoms with E-state index in [-0.39, 0.29) is 25.5 Å². The maximum atomic E-state index is 14.8. The van der Waals surface area contributed by atoms with Gasteiger partial charge in [0.15, 0.2) is 6.54 Å². The van der Waals surface area contributed by atoms with E-state index in [4.69, 9.17) is 4.74 Å². The SMILES string of the molecule is Cn1nnc(-c2ccc(-c3ccc(N4C[C@H](CNC(=O)C[NH3+])OC4=O)cc3F)cn2)n1. The average molecular weight is 427 g/mol. The summed E-state index contributed by atoms with van der Waals surface area (Å²) < 4.78 is 20.1. The Bertz CT molecular complexity index is 1120. The first-order chi connectivity index (χ1) is 14.9. The van der Waals surface area contributed by atoms with E-state index in [0.29, 0.717) is 28.3 Å². The average Bonchev–Trinajstić information content (AvgIpc) is 3.37. The number of cyclic esters (lactones) is 1. The molecule has 4 rings (SSSR count). The van der Waals surface area contributed by atoms with Crippen molar-refractivity contribution in [2.45, 2.75) is 6.10 Å². The predicted octanol–water partition coefficient (Wildman–Crippen LogP) is -0.238. The van der Waals surface area contributed by atoms with Crippen molar-refractivity contribution in [1.82, 2.24) is 30.5 Å². The van der Waals surface area contributed by atoms with Crippen molar-refractivity contribution in [1.29, 1.82) is 0 Å². The third-order valence-electron chi connectivity index (χ3n) is 4.70. The molecule has 11 nitrogen and oxygen atoms in total. The molecule has 0 spiro atoms. The molecule has 1 aliphatic rings. The van der Waals surface area contributed by atoms with Gasteiger partial charge in [0.2, 0.25) is 5.82 Å². The summed E-state index contributed by atoms with van der Waals surface area (Å²) in [5.74, 6) is -0.371. The summed E-state index contributed by atoms with van der Waals surface area (Å²) in [5.41, 5.74) is 5.27. The van der Waals surface area contributed by atoms with Crippen LogP contribution in [-0.4, -0.2) is 62.9 Å². The van der Waals surface area contributed by atoms with Gasteiger partial charge in [-0.05, 0) is 29.5 Å². The second-order valence-corrected chi connectivity index (χ2v) is 6.87. The molecule has 2 amide bonds. The van der Waals surface area contributed by atoms with Crippen molar-refractivity contribution in [3.8, 4) is 22.6 Å². The quantitative estimate of drug-likeness (QED) is 0.553. The lowest BCUT2D eigenvalue weighted by Crippen LogP contribution is -2.57. The highest BCUT2D eigenvalue weighted by Gasteiger charge is 2.33. The number of carbonyl (C=O) groups is 2. The lowest BCUT2D eigenvalue weighted by Gasteiger charge is -2.14. The molecule has 1 aromatic carbocycles. The van der Waals surface area contributed by atoms with Crippen LogP contribution in [0.15, 0.2) is 36.5 Å². The van der Waals surface area contributed by atoms with Gasteiger partial charge in [-0.1, -0.05) is 6.07 Å². The second kappa shape index (κ2) is 8.44. The molecule has 0 aliphatic carbocycles. The largest absolute Gasteiger partial charge is 0.442 e. The molecule has 1 fully saturated rings. The number of tetrazole rings is 1. The molecule has 12 heteroatoms. The van der Waals surface area contributed by atoms with Gasteiger partial charge in [0.05, 0.1) is 25.8 Å². The van der Waals surface area contributed by atoms with E-state index in [2.05, 4.69) is 31.4 Å². The fraction of sp³-hybridized carbons (Fsp3) is 0.263. The Morgan fingerprint density at radius 1 is 1.35 bits per heavy atom. The zero-order valence-corrected chi connectivity index (χ0v) is 16.7. The van der Waals surface area contributed by atoms with E-state index in [9.17, 15) is 14.0 Å². The maximum absolute atomic E-state index is 14.8. The second-order valence-electron chi connectivity index (χ2n) is 6.87. The number of hydrogen-bond donors (Lipinski definition) is 2. The van der Waals surface area contributed by atoms with Crippen molar-refractivity contribution in [3.05, 3.63) is 42.3 Å². The van der Waals surface area contributed by atoms with Crippen LogP contribution in [-0.2, 0) is 16.6 Å². The smallest absolute Gasteiger partial charge is 0.414 e. The van der Waals surface area contributed by atoms with Crippen LogP contribution in [0.3, 0.4) is 0 Å². The molecule has 3 aromatic rings. The van der Waals surface area contributed by atoms with Gasteiger partial charge in [0.25, 0.3) is 5.91 Å². The predicted molar refractivity (Wildman–Crippen MR) is 106 cm³/mol. The third-order valence-corrected chi connectivity index (χ3v) is 4.70. The van der Waals surface area contributed by atoms with Gasteiger partial charge in [-0.3, -0.25) is 14.7 Å². The summed E-state index contributed by atoms with van der Waals surface area (Å²) in [6.07, 6.45) is 0.413. The Hall–Kier alpha value is -3.93. The standard InChI is InChI=1S/C19H19FN8O3/c1-27-25-18(24-26-27)16-5-2-11(8-22-16)14-4-3-12(6-15(14)20)28-10-13(31-19(28)30)9-23-17(29)7-21/h2-6,8,13H,7,9-10,21H2,1H3,(H,23,29)/p+1/t13-/m0/s1. The minimum Gasteiger partial charge on any atom is -0.442 e. The van der Waals surface area contributed by atoms with E-state index >= 15 is 0 Å². The van der Waals surface area contributed by atoms with Crippen LogP contribution in [0.4, 0.5) is 14.9 Å². The highest BCUT2D eigenvalue weighted by atomic mass is 19.1. The number of nitrogens with zero attached hydrogens (tertiary/aromatic N) is 6. The number of aryl methyl sites for hydroxylation is 1. The zero-order valence-electron chi connectivity index (χ0n) is 16.7. The fourth-order valence-corrected chi connectivity index (χ4v) is 3.13. The first-order valence-electron chi connectivity index (χ1n) is 9.49. The number of rotatable bonds is 6. The molecular weight excluding hydrogens is 407 g/mol. The van der Waals surface area contributed by atoms with Crippen LogP contribution in [0.25, 0.3) is 22.6 Å². The lowest BCUT2D eigenvalue weighted by molar-refractivity contribution is -0.355. The van der Waals surface area contributed by atoms with E-state index < -0.39 is 18.0 Å². The number of carbonyl (C=O) groups excluding carboxylic acids is 2. The van der Waals surface area contributed by atoms with E-state index in [0.717, 1.165) is 0 Å². The number of anilines is 1. The summed E-state index contributed by atoms with van der Waals surface area (Å²) in [4.78, 5) is 30.4. The van der Waals surface area contributed by atoms with E-state index in [1.54, 1.807) is 31.3 Å². The van der Waals surface area contributed by atoms with Crippen molar-refractivity contribution in [2.24, 2.45) is 7.05 Å². The fourth-order valence-electron chi connectivity index (χ4n) is 3.13. The third kappa shape index (κ3) is 4.33. The molecule has 3 heterocycles. The van der Waals surface area contributed by atoms with Gasteiger partial charge >= 0.3 is 6.09 Å². The van der Waals surface area contributed by atoms with Crippen molar-refractivity contribution >= 4 is 17.7 Å². The van der Waals surface area contributed by atoms with E-state index in [1.807, 2.05) is 0 Å². The molecule has 4 N–H and O–H groups in total. The van der Waals surface area contributed by atoms with Gasteiger partial charge in [-0.15, -0.1) is 10.2 Å². The monoisotopic (exact) mass is 427 g/mol. The summed E-state index contributed by atoms with van der Waals surface area (Å²) in [5, 5.41) is 14.4. The number of ether oxygens (including phenoxy) is 1. The molecule has 0 unspecified atom stereocenters. The van der Waals surface area contributed by atoms with Crippen LogP contribution < -0.4 is 16.0 Å². The summed E-state index contributed by atoms with van der Waals surface area (Å²) in [6, 6.07) is 7.87. The number of hydrogen-bond acceptors (Lipinski definition) is 7. The van der Waals surface area contributed by atoms with Crippen LogP contribution in [0.2, 0.25) is 0 Å². The van der Waals surface area contributed by atoms with Gasteiger partial charge < -0.3 is 15.8 Å². The first kappa shape index (κ1) is 20.3. The Kier molecular flexibility index (Phi) is 5.54. The summed E-state index contributed by atoms with van der Waals surface area (Å²) in [7, 11) is 1.65. The maximum Gasteiger partial charge on any atom is 0.414 e. The number of halogens is 1. The molecule has 31 heavy (non-hydrogen) atoms. The number of quaternary nitrogens is 1. The van der Waals surface area contributed by atoms with E-state index in [1.165, 1.54) is 22.0 Å². The summed E-state index contributed by atoms with van der Waals surface area (Å²) in [6.45, 7) is 0.481. The minimum absolute atomic E-state index is 0.0994. The number of nitrogens with one attached hydrogen (secondary N) is 1. The van der Waals surface area contributed by atoms with Gasteiger partial charge in [-0.25, -0.2) is 9.18 Å². The number of aromatic nitrogens is 5. The summed E-state index contributed by atoms with van der Waals surface area (Å²) >= 11 is 0. The molecule has 1 saturated heterocycles. The van der Waals surface area contributed by atoms with Gasteiger partial charge in [0.1, 0.15) is 17.6 Å². The Balaban J connectivity index is 1.48. The molecular formula is C19H20FN8O3+. The molecule has 160 valence electrons. The minimum atomic E-state index is -0.594. The van der Waals surface area contributed by atoms with Crippen molar-refractivity contribution < 1.29 is 24.5 Å². The Morgan fingerprint density at radius 3 is 2.84 bits per heavy atom. The number of amides is 2. The molecule has 2 aromatic heterocycles. The van der Waals surface area contributed by atoms with Gasteiger partial charge in [0, 0.05) is 17.3 Å². The molecule has 0 bridgehead atoms. The molecule has 0 radical (unpaired) electrons. The van der Waals surface area contributed by atoms with Crippen LogP contribution in [0.5, 0.6) is 0 Å². The van der Waals surface area contributed by atoms with Crippen LogP contribution >= 0.6 is 0 Å². The normalized spacial score (nSPS) is 15.8. The van der Waals surface area contributed by atoms with Crippen molar-refractivity contribution in [3.63, 3.8) is 0 Å². The molecule has 0 saturated carbocycles. The topological polar surface area (TPSA) is 143 Å².